The lowest BCUT2D eigenvalue weighted by molar-refractivity contribution is -0.0787. The second-order valence-corrected chi connectivity index (χ2v) is 6.99. The van der Waals surface area contributed by atoms with E-state index in [1.54, 1.807) is 0 Å². The van der Waals surface area contributed by atoms with Crippen molar-refractivity contribution in [1.82, 2.24) is 5.32 Å². The number of nitrogens with one attached hydrogen (secondary N) is 1. The molecule has 0 spiro atoms. The van der Waals surface area contributed by atoms with Crippen molar-refractivity contribution in [2.45, 2.75) is 66.5 Å². The fourth-order valence-electron chi connectivity index (χ4n) is 3.84. The lowest BCUT2D eigenvalue weighted by Gasteiger charge is -2.59. The molecular formula is C19H31N. The molecule has 0 amide bonds. The van der Waals surface area contributed by atoms with Gasteiger partial charge in [-0.1, -0.05) is 57.5 Å². The van der Waals surface area contributed by atoms with Gasteiger partial charge in [-0.05, 0) is 49.0 Å². The second kappa shape index (κ2) is 6.30. The molecule has 0 saturated heterocycles. The van der Waals surface area contributed by atoms with Crippen molar-refractivity contribution >= 4 is 0 Å². The van der Waals surface area contributed by atoms with E-state index in [2.05, 4.69) is 50.4 Å². The van der Waals surface area contributed by atoms with Gasteiger partial charge in [0.1, 0.15) is 0 Å². The first-order valence-corrected chi connectivity index (χ1v) is 8.34. The number of hydrogen-bond donors (Lipinski definition) is 1. The molecule has 1 heteroatoms. The van der Waals surface area contributed by atoms with E-state index in [1.165, 1.54) is 30.4 Å². The molecule has 0 radical (unpaired) electrons. The average Bonchev–Trinajstić information content (AvgIpc) is 2.49. The van der Waals surface area contributed by atoms with Crippen molar-refractivity contribution < 1.29 is 0 Å². The van der Waals surface area contributed by atoms with E-state index in [1.807, 2.05) is 13.8 Å². The molecule has 2 atom stereocenters. The topological polar surface area (TPSA) is 12.0 Å². The summed E-state index contributed by atoms with van der Waals surface area (Å²) in [4.78, 5) is 0. The van der Waals surface area contributed by atoms with E-state index in [-0.39, 0.29) is 0 Å². The highest BCUT2D eigenvalue weighted by Gasteiger charge is 2.52. The average molecular weight is 273 g/mol. The Labute approximate surface area is 125 Å². The molecule has 112 valence electrons. The van der Waals surface area contributed by atoms with Gasteiger partial charge in [-0.15, -0.1) is 0 Å². The molecule has 3 saturated carbocycles. The third-order valence-corrected chi connectivity index (χ3v) is 5.53. The highest BCUT2D eigenvalue weighted by molar-refractivity contribution is 5.21. The van der Waals surface area contributed by atoms with Crippen molar-refractivity contribution in [3.05, 3.63) is 35.4 Å². The van der Waals surface area contributed by atoms with Crippen molar-refractivity contribution in [1.29, 1.82) is 0 Å². The summed E-state index contributed by atoms with van der Waals surface area (Å²) in [6.45, 7) is 12.1. The third-order valence-electron chi connectivity index (χ3n) is 5.53. The first kappa shape index (κ1) is 15.6. The highest BCUT2D eigenvalue weighted by Crippen LogP contribution is 2.58. The van der Waals surface area contributed by atoms with Crippen LogP contribution >= 0.6 is 0 Å². The number of rotatable bonds is 3. The molecule has 2 unspecified atom stereocenters. The first-order chi connectivity index (χ1) is 9.55. The lowest BCUT2D eigenvalue weighted by atomic mass is 9.48. The molecule has 20 heavy (non-hydrogen) atoms. The van der Waals surface area contributed by atoms with Crippen molar-refractivity contribution in [3.63, 3.8) is 0 Å². The Bertz CT molecular complexity index is 404. The van der Waals surface area contributed by atoms with Gasteiger partial charge in [-0.3, -0.25) is 0 Å². The van der Waals surface area contributed by atoms with Crippen LogP contribution in [0.2, 0.25) is 0 Å². The molecule has 3 fully saturated rings. The summed E-state index contributed by atoms with van der Waals surface area (Å²) in [6.07, 6.45) is 4.25. The normalized spacial score (nSPS) is 29.9. The third kappa shape index (κ3) is 3.09. The van der Waals surface area contributed by atoms with Crippen LogP contribution in [-0.2, 0) is 6.54 Å². The molecule has 0 heterocycles. The second-order valence-electron chi connectivity index (χ2n) is 6.99. The van der Waals surface area contributed by atoms with Crippen LogP contribution in [0.15, 0.2) is 24.3 Å². The Morgan fingerprint density at radius 1 is 1.00 bits per heavy atom. The summed E-state index contributed by atoms with van der Waals surface area (Å²) >= 11 is 0. The molecule has 4 rings (SSSR count). The number of aryl methyl sites for hydroxylation is 1. The zero-order chi connectivity index (χ0) is 14.8. The van der Waals surface area contributed by atoms with Gasteiger partial charge in [0, 0.05) is 12.6 Å². The molecule has 1 nitrogen and oxygen atoms in total. The van der Waals surface area contributed by atoms with E-state index >= 15 is 0 Å². The molecule has 1 aromatic carbocycles. The van der Waals surface area contributed by atoms with Crippen molar-refractivity contribution in [2.24, 2.45) is 17.3 Å². The van der Waals surface area contributed by atoms with Gasteiger partial charge in [-0.2, -0.15) is 0 Å². The Morgan fingerprint density at radius 2 is 1.55 bits per heavy atom. The summed E-state index contributed by atoms with van der Waals surface area (Å²) < 4.78 is 0. The number of benzene rings is 1. The van der Waals surface area contributed by atoms with Crippen LogP contribution in [0, 0.1) is 24.2 Å². The molecule has 1 N–H and O–H groups in total. The Hall–Kier alpha value is -0.820. The van der Waals surface area contributed by atoms with Crippen LogP contribution in [0.3, 0.4) is 0 Å². The molecule has 3 aliphatic carbocycles. The maximum Gasteiger partial charge on any atom is 0.0208 e. The van der Waals surface area contributed by atoms with E-state index < -0.39 is 0 Å². The van der Waals surface area contributed by atoms with Gasteiger partial charge in [0.05, 0.1) is 0 Å². The monoisotopic (exact) mass is 273 g/mol. The van der Waals surface area contributed by atoms with Gasteiger partial charge in [-0.25, -0.2) is 0 Å². The molecule has 0 aromatic heterocycles. The zero-order valence-electron chi connectivity index (χ0n) is 13.9. The molecular weight excluding hydrogens is 242 g/mol. The van der Waals surface area contributed by atoms with Gasteiger partial charge in [0.25, 0.3) is 0 Å². The van der Waals surface area contributed by atoms with E-state index in [0.717, 1.165) is 24.4 Å². The molecule has 1 aromatic rings. The van der Waals surface area contributed by atoms with Crippen LogP contribution in [0.25, 0.3) is 0 Å². The number of hydrogen-bond acceptors (Lipinski definition) is 1. The van der Waals surface area contributed by atoms with E-state index in [9.17, 15) is 0 Å². The summed E-state index contributed by atoms with van der Waals surface area (Å²) in [5.41, 5.74) is 3.39. The maximum atomic E-state index is 3.76. The smallest absolute Gasteiger partial charge is 0.0208 e. The van der Waals surface area contributed by atoms with Crippen molar-refractivity contribution in [2.75, 3.05) is 0 Å². The van der Waals surface area contributed by atoms with Crippen LogP contribution in [0.5, 0.6) is 0 Å². The fraction of sp³-hybridized carbons (Fsp3) is 0.684. The Kier molecular flexibility index (Phi) is 4.90. The SMILES string of the molecule is CC.Cc1ccc(CNC2CC3CC(C2)C3(C)C)cc1. The maximum absolute atomic E-state index is 3.76. The standard InChI is InChI=1S/C17H25N.C2H6/c1-12-4-6-13(7-5-12)11-18-16-9-14-8-15(10-16)17(14,2)3;1-2/h4-7,14-16,18H,8-11H2,1-3H3;1-2H3. The number of fused-ring (bicyclic) bond motifs is 2. The predicted molar refractivity (Wildman–Crippen MR) is 87.8 cm³/mol. The van der Waals surface area contributed by atoms with Crippen LogP contribution in [-0.4, -0.2) is 6.04 Å². The minimum absolute atomic E-state index is 0.627. The quantitative estimate of drug-likeness (QED) is 0.823. The summed E-state index contributed by atoms with van der Waals surface area (Å²) in [7, 11) is 0. The minimum Gasteiger partial charge on any atom is -0.310 e. The Balaban J connectivity index is 0.000000704. The molecule has 2 bridgehead atoms. The van der Waals surface area contributed by atoms with Gasteiger partial charge in [0.2, 0.25) is 0 Å². The molecule has 3 aliphatic rings. The zero-order valence-corrected chi connectivity index (χ0v) is 13.9. The van der Waals surface area contributed by atoms with Crippen LogP contribution in [0.4, 0.5) is 0 Å². The Morgan fingerprint density at radius 3 is 2.05 bits per heavy atom. The van der Waals surface area contributed by atoms with Crippen molar-refractivity contribution in [3.8, 4) is 0 Å². The fourth-order valence-corrected chi connectivity index (χ4v) is 3.84. The van der Waals surface area contributed by atoms with E-state index in [0.29, 0.717) is 5.41 Å². The first-order valence-electron chi connectivity index (χ1n) is 8.34. The van der Waals surface area contributed by atoms with Crippen LogP contribution < -0.4 is 5.32 Å². The van der Waals surface area contributed by atoms with Gasteiger partial charge >= 0.3 is 0 Å². The van der Waals surface area contributed by atoms with E-state index in [4.69, 9.17) is 0 Å². The summed E-state index contributed by atoms with van der Waals surface area (Å²) in [5.74, 6) is 1.93. The largest absolute Gasteiger partial charge is 0.310 e. The summed E-state index contributed by atoms with van der Waals surface area (Å²) in [5, 5.41) is 3.76. The lowest BCUT2D eigenvalue weighted by Crippen LogP contribution is -2.55. The van der Waals surface area contributed by atoms with Gasteiger partial charge in [0.15, 0.2) is 0 Å². The van der Waals surface area contributed by atoms with Crippen LogP contribution in [0.1, 0.15) is 58.1 Å². The minimum atomic E-state index is 0.627. The molecule has 0 aliphatic heterocycles. The highest BCUT2D eigenvalue weighted by atomic mass is 14.9. The summed E-state index contributed by atoms with van der Waals surface area (Å²) in [6, 6.07) is 9.66. The predicted octanol–water partition coefficient (Wildman–Crippen LogP) is 4.94. The van der Waals surface area contributed by atoms with Gasteiger partial charge < -0.3 is 5.32 Å².